The van der Waals surface area contributed by atoms with Crippen LogP contribution in [-0.2, 0) is 4.79 Å². The Kier molecular flexibility index (Phi) is 5.13. The molecule has 1 aromatic heterocycles. The van der Waals surface area contributed by atoms with E-state index >= 15 is 0 Å². The van der Waals surface area contributed by atoms with Gasteiger partial charge in [-0.25, -0.2) is 4.98 Å². The SMILES string of the molecule is NCCCCCC(=O)Nc1nc2ccc(Cl)cc2s1. The van der Waals surface area contributed by atoms with Crippen molar-refractivity contribution in [3.05, 3.63) is 23.2 Å². The van der Waals surface area contributed by atoms with Crippen molar-refractivity contribution in [2.45, 2.75) is 25.7 Å². The number of fused-ring (bicyclic) bond motifs is 1. The van der Waals surface area contributed by atoms with Crippen LogP contribution in [0, 0.1) is 0 Å². The van der Waals surface area contributed by atoms with Gasteiger partial charge in [0.25, 0.3) is 0 Å². The second kappa shape index (κ2) is 6.84. The van der Waals surface area contributed by atoms with Crippen molar-refractivity contribution in [1.29, 1.82) is 0 Å². The van der Waals surface area contributed by atoms with E-state index in [1.807, 2.05) is 12.1 Å². The Bertz CT molecular complexity index is 570. The standard InChI is InChI=1S/C13H16ClN3OS/c14-9-5-6-10-11(8-9)19-13(16-10)17-12(18)4-2-1-3-7-15/h5-6,8H,1-4,7,15H2,(H,16,17,18). The molecule has 2 rings (SSSR count). The van der Waals surface area contributed by atoms with E-state index in [-0.39, 0.29) is 5.91 Å². The average Bonchev–Trinajstić information content (AvgIpc) is 2.76. The van der Waals surface area contributed by atoms with Gasteiger partial charge in [-0.3, -0.25) is 4.79 Å². The number of halogens is 1. The van der Waals surface area contributed by atoms with Gasteiger partial charge < -0.3 is 11.1 Å². The molecule has 2 aromatic rings. The zero-order chi connectivity index (χ0) is 13.7. The summed E-state index contributed by atoms with van der Waals surface area (Å²) in [5, 5.41) is 4.12. The van der Waals surface area contributed by atoms with Crippen molar-refractivity contribution in [3.8, 4) is 0 Å². The molecule has 0 atom stereocenters. The van der Waals surface area contributed by atoms with Gasteiger partial charge in [0, 0.05) is 11.4 Å². The van der Waals surface area contributed by atoms with Gasteiger partial charge >= 0.3 is 0 Å². The number of hydrogen-bond donors (Lipinski definition) is 2. The smallest absolute Gasteiger partial charge is 0.226 e. The minimum atomic E-state index is 0.00201. The topological polar surface area (TPSA) is 68.0 Å². The number of hydrogen-bond acceptors (Lipinski definition) is 4. The maximum Gasteiger partial charge on any atom is 0.226 e. The second-order valence-corrected chi connectivity index (χ2v) is 5.75. The summed E-state index contributed by atoms with van der Waals surface area (Å²) in [4.78, 5) is 16.1. The fourth-order valence-corrected chi connectivity index (χ4v) is 2.90. The summed E-state index contributed by atoms with van der Waals surface area (Å²) in [5.74, 6) is 0.00201. The third-order valence-electron chi connectivity index (χ3n) is 2.70. The van der Waals surface area contributed by atoms with Crippen LogP contribution >= 0.6 is 22.9 Å². The maximum absolute atomic E-state index is 11.7. The van der Waals surface area contributed by atoms with Crippen LogP contribution in [0.1, 0.15) is 25.7 Å². The number of unbranched alkanes of at least 4 members (excludes halogenated alkanes) is 2. The summed E-state index contributed by atoms with van der Waals surface area (Å²) < 4.78 is 0.978. The molecule has 1 amide bonds. The molecule has 19 heavy (non-hydrogen) atoms. The van der Waals surface area contributed by atoms with Crippen LogP contribution in [0.5, 0.6) is 0 Å². The van der Waals surface area contributed by atoms with E-state index in [0.717, 1.165) is 29.5 Å². The van der Waals surface area contributed by atoms with Gasteiger partial charge in [-0.15, -0.1) is 0 Å². The van der Waals surface area contributed by atoms with Crippen molar-refractivity contribution >= 4 is 44.2 Å². The first-order valence-corrected chi connectivity index (χ1v) is 7.44. The van der Waals surface area contributed by atoms with Crippen LogP contribution in [0.2, 0.25) is 5.02 Å². The number of nitrogens with one attached hydrogen (secondary N) is 1. The Morgan fingerprint density at radius 2 is 2.21 bits per heavy atom. The number of thiazole rings is 1. The number of nitrogens with zero attached hydrogens (tertiary/aromatic N) is 1. The Morgan fingerprint density at radius 3 is 3.00 bits per heavy atom. The van der Waals surface area contributed by atoms with E-state index in [9.17, 15) is 4.79 Å². The fraction of sp³-hybridized carbons (Fsp3) is 0.385. The van der Waals surface area contributed by atoms with Gasteiger partial charge in [-0.05, 0) is 37.6 Å². The van der Waals surface area contributed by atoms with Crippen LogP contribution in [-0.4, -0.2) is 17.4 Å². The lowest BCUT2D eigenvalue weighted by Crippen LogP contribution is -2.11. The molecule has 6 heteroatoms. The highest BCUT2D eigenvalue weighted by atomic mass is 35.5. The van der Waals surface area contributed by atoms with Crippen LogP contribution in [0.25, 0.3) is 10.2 Å². The van der Waals surface area contributed by atoms with Crippen molar-refractivity contribution in [2.24, 2.45) is 5.73 Å². The molecule has 0 aliphatic carbocycles. The first-order chi connectivity index (χ1) is 9.19. The summed E-state index contributed by atoms with van der Waals surface area (Å²) in [5.41, 5.74) is 6.26. The van der Waals surface area contributed by atoms with Crippen LogP contribution in [0.3, 0.4) is 0 Å². The highest BCUT2D eigenvalue weighted by Crippen LogP contribution is 2.28. The van der Waals surface area contributed by atoms with E-state index in [1.165, 1.54) is 11.3 Å². The first-order valence-electron chi connectivity index (χ1n) is 6.25. The summed E-state index contributed by atoms with van der Waals surface area (Å²) in [7, 11) is 0. The molecule has 0 unspecified atom stereocenters. The molecule has 0 fully saturated rings. The van der Waals surface area contributed by atoms with Crippen molar-refractivity contribution in [3.63, 3.8) is 0 Å². The maximum atomic E-state index is 11.7. The van der Waals surface area contributed by atoms with Gasteiger partial charge in [-0.1, -0.05) is 29.4 Å². The zero-order valence-electron chi connectivity index (χ0n) is 10.5. The molecule has 0 aliphatic rings. The van der Waals surface area contributed by atoms with Gasteiger partial charge in [0.05, 0.1) is 10.2 Å². The lowest BCUT2D eigenvalue weighted by Gasteiger charge is -2.00. The molecule has 0 saturated carbocycles. The fourth-order valence-electron chi connectivity index (χ4n) is 1.74. The zero-order valence-corrected chi connectivity index (χ0v) is 12.1. The molecule has 0 bridgehead atoms. The van der Waals surface area contributed by atoms with Gasteiger partial charge in [0.1, 0.15) is 0 Å². The molecule has 1 heterocycles. The molecule has 3 N–H and O–H groups in total. The number of amides is 1. The number of rotatable bonds is 6. The third-order valence-corrected chi connectivity index (χ3v) is 3.87. The Morgan fingerprint density at radius 1 is 1.37 bits per heavy atom. The predicted molar refractivity (Wildman–Crippen MR) is 80.8 cm³/mol. The molecule has 4 nitrogen and oxygen atoms in total. The molecule has 0 aliphatic heterocycles. The van der Waals surface area contributed by atoms with E-state index in [1.54, 1.807) is 6.07 Å². The van der Waals surface area contributed by atoms with Crippen LogP contribution in [0.15, 0.2) is 18.2 Å². The van der Waals surface area contributed by atoms with Crippen LogP contribution in [0.4, 0.5) is 5.13 Å². The Balaban J connectivity index is 1.91. The lowest BCUT2D eigenvalue weighted by atomic mass is 10.2. The summed E-state index contributed by atoms with van der Waals surface area (Å²) in [6.45, 7) is 0.681. The summed E-state index contributed by atoms with van der Waals surface area (Å²) in [6.07, 6.45) is 3.32. The first kappa shape index (κ1) is 14.2. The molecule has 1 aromatic carbocycles. The normalized spacial score (nSPS) is 10.8. The lowest BCUT2D eigenvalue weighted by molar-refractivity contribution is -0.116. The van der Waals surface area contributed by atoms with Gasteiger partial charge in [-0.2, -0.15) is 0 Å². The highest BCUT2D eigenvalue weighted by Gasteiger charge is 2.07. The number of nitrogens with two attached hydrogens (primary N) is 1. The van der Waals surface area contributed by atoms with E-state index in [4.69, 9.17) is 17.3 Å². The number of carbonyl (C=O) groups excluding carboxylic acids is 1. The number of aromatic nitrogens is 1. The number of benzene rings is 1. The van der Waals surface area contributed by atoms with E-state index in [0.29, 0.717) is 23.1 Å². The second-order valence-electron chi connectivity index (χ2n) is 4.28. The van der Waals surface area contributed by atoms with E-state index in [2.05, 4.69) is 10.3 Å². The average molecular weight is 298 g/mol. The van der Waals surface area contributed by atoms with Gasteiger partial charge in [0.2, 0.25) is 5.91 Å². The van der Waals surface area contributed by atoms with E-state index < -0.39 is 0 Å². The predicted octanol–water partition coefficient (Wildman–Crippen LogP) is 3.41. The third kappa shape index (κ3) is 4.16. The number of carbonyl (C=O) groups is 1. The van der Waals surface area contributed by atoms with Crippen molar-refractivity contribution < 1.29 is 4.79 Å². The molecular weight excluding hydrogens is 282 g/mol. The van der Waals surface area contributed by atoms with Crippen molar-refractivity contribution in [1.82, 2.24) is 4.98 Å². The molecule has 0 spiro atoms. The largest absolute Gasteiger partial charge is 0.330 e. The molecule has 102 valence electrons. The molecule has 0 saturated heterocycles. The highest BCUT2D eigenvalue weighted by molar-refractivity contribution is 7.22. The Labute approximate surface area is 121 Å². The van der Waals surface area contributed by atoms with Crippen molar-refractivity contribution in [2.75, 3.05) is 11.9 Å². The monoisotopic (exact) mass is 297 g/mol. The van der Waals surface area contributed by atoms with Crippen LogP contribution < -0.4 is 11.1 Å². The molecular formula is C13H16ClN3OS. The minimum Gasteiger partial charge on any atom is -0.330 e. The van der Waals surface area contributed by atoms with Gasteiger partial charge in [0.15, 0.2) is 5.13 Å². The quantitative estimate of drug-likeness (QED) is 0.803. The molecule has 0 radical (unpaired) electrons. The number of anilines is 1. The summed E-state index contributed by atoms with van der Waals surface area (Å²) >= 11 is 7.35. The Hall–Kier alpha value is -1.17. The summed E-state index contributed by atoms with van der Waals surface area (Å²) in [6, 6.07) is 5.50. The minimum absolute atomic E-state index is 0.00201.